The monoisotopic (exact) mass is 365 g/mol. The smallest absolute Gasteiger partial charge is 0.260 e. The number of aliphatic imine (C=N–C) groups is 1. The second-order valence-electron chi connectivity index (χ2n) is 5.85. The maximum absolute atomic E-state index is 12.9. The highest BCUT2D eigenvalue weighted by molar-refractivity contribution is 8.14. The number of carbonyl (C=O) groups is 1. The van der Waals surface area contributed by atoms with Crippen molar-refractivity contribution in [2.45, 2.75) is 19.9 Å². The van der Waals surface area contributed by atoms with Gasteiger partial charge in [0.15, 0.2) is 5.17 Å². The van der Waals surface area contributed by atoms with E-state index in [1.807, 2.05) is 38.1 Å². The zero-order valence-corrected chi connectivity index (χ0v) is 15.5. The molecule has 0 spiro atoms. The van der Waals surface area contributed by atoms with Crippen molar-refractivity contribution in [2.75, 3.05) is 12.4 Å². The van der Waals surface area contributed by atoms with E-state index in [1.165, 1.54) is 0 Å². The highest BCUT2D eigenvalue weighted by Gasteiger charge is 2.32. The number of amides is 1. The van der Waals surface area contributed by atoms with Gasteiger partial charge in [-0.05, 0) is 62.4 Å². The molecule has 1 aliphatic rings. The first-order valence-electron chi connectivity index (χ1n) is 8.40. The number of hydrogen-bond acceptors (Lipinski definition) is 5. The SMILES string of the molecule is CCOc1ccc(N=C2SC[C@H](C)N2C(=O)c2ccc(C#N)cc2)cc1. The fraction of sp³-hybridized carbons (Fsp3) is 0.250. The van der Waals surface area contributed by atoms with Crippen LogP contribution in [0.3, 0.4) is 0 Å². The number of ether oxygens (including phenoxy) is 1. The Labute approximate surface area is 157 Å². The quantitative estimate of drug-likeness (QED) is 0.813. The van der Waals surface area contributed by atoms with Gasteiger partial charge in [0.25, 0.3) is 5.91 Å². The van der Waals surface area contributed by atoms with Gasteiger partial charge in [-0.25, -0.2) is 4.99 Å². The lowest BCUT2D eigenvalue weighted by molar-refractivity contribution is 0.0828. The van der Waals surface area contributed by atoms with Gasteiger partial charge in [0.2, 0.25) is 0 Å². The van der Waals surface area contributed by atoms with Gasteiger partial charge in [0.05, 0.1) is 23.9 Å². The predicted octanol–water partition coefficient (Wildman–Crippen LogP) is 4.22. The molecule has 6 heteroatoms. The summed E-state index contributed by atoms with van der Waals surface area (Å²) in [6.07, 6.45) is 0. The van der Waals surface area contributed by atoms with Crippen LogP contribution in [0.2, 0.25) is 0 Å². The first kappa shape index (κ1) is 18.0. The third kappa shape index (κ3) is 3.89. The summed E-state index contributed by atoms with van der Waals surface area (Å²) in [6, 6.07) is 16.3. The minimum atomic E-state index is -0.100. The summed E-state index contributed by atoms with van der Waals surface area (Å²) in [5.74, 6) is 1.50. The summed E-state index contributed by atoms with van der Waals surface area (Å²) in [4.78, 5) is 19.3. The zero-order valence-electron chi connectivity index (χ0n) is 14.7. The van der Waals surface area contributed by atoms with E-state index in [0.717, 1.165) is 17.2 Å². The first-order chi connectivity index (χ1) is 12.6. The van der Waals surface area contributed by atoms with Crippen molar-refractivity contribution >= 4 is 28.5 Å². The third-order valence-corrected chi connectivity index (χ3v) is 5.15. The molecule has 1 atom stereocenters. The number of nitriles is 1. The van der Waals surface area contributed by atoms with Crippen LogP contribution in [0, 0.1) is 11.3 Å². The fourth-order valence-electron chi connectivity index (χ4n) is 2.62. The Kier molecular flexibility index (Phi) is 5.59. The Bertz CT molecular complexity index is 854. The van der Waals surface area contributed by atoms with Gasteiger partial charge in [0, 0.05) is 17.4 Å². The van der Waals surface area contributed by atoms with E-state index in [2.05, 4.69) is 11.1 Å². The molecule has 0 aromatic heterocycles. The van der Waals surface area contributed by atoms with Gasteiger partial charge in [0.1, 0.15) is 5.75 Å². The van der Waals surface area contributed by atoms with Crippen molar-refractivity contribution in [3.8, 4) is 11.8 Å². The van der Waals surface area contributed by atoms with Gasteiger partial charge < -0.3 is 4.74 Å². The molecule has 2 aromatic rings. The molecule has 1 fully saturated rings. The molecule has 1 amide bonds. The van der Waals surface area contributed by atoms with Crippen LogP contribution in [0.5, 0.6) is 5.75 Å². The topological polar surface area (TPSA) is 65.7 Å². The lowest BCUT2D eigenvalue weighted by atomic mass is 10.1. The lowest BCUT2D eigenvalue weighted by Crippen LogP contribution is -2.37. The van der Waals surface area contributed by atoms with Crippen molar-refractivity contribution in [3.63, 3.8) is 0 Å². The molecular weight excluding hydrogens is 346 g/mol. The molecular formula is C20H19N3O2S. The molecule has 0 radical (unpaired) electrons. The Morgan fingerprint density at radius 1 is 1.27 bits per heavy atom. The number of nitrogens with zero attached hydrogens (tertiary/aromatic N) is 3. The minimum Gasteiger partial charge on any atom is -0.494 e. The van der Waals surface area contributed by atoms with Gasteiger partial charge in [-0.2, -0.15) is 5.26 Å². The summed E-state index contributed by atoms with van der Waals surface area (Å²) in [5.41, 5.74) is 1.87. The molecule has 0 saturated carbocycles. The van der Waals surface area contributed by atoms with Crippen LogP contribution in [0.15, 0.2) is 53.5 Å². The Morgan fingerprint density at radius 3 is 2.58 bits per heavy atom. The number of carbonyl (C=O) groups excluding carboxylic acids is 1. The molecule has 132 valence electrons. The van der Waals surface area contributed by atoms with E-state index >= 15 is 0 Å². The molecule has 0 aliphatic carbocycles. The molecule has 0 bridgehead atoms. The summed E-state index contributed by atoms with van der Waals surface area (Å²) in [7, 11) is 0. The number of hydrogen-bond donors (Lipinski definition) is 0. The Hall–Kier alpha value is -2.78. The summed E-state index contributed by atoms with van der Waals surface area (Å²) in [6.45, 7) is 4.57. The average molecular weight is 365 g/mol. The van der Waals surface area contributed by atoms with Crippen LogP contribution in [-0.2, 0) is 0 Å². The largest absolute Gasteiger partial charge is 0.494 e. The second kappa shape index (κ2) is 8.07. The average Bonchev–Trinajstić information content (AvgIpc) is 3.03. The van der Waals surface area contributed by atoms with Crippen LogP contribution in [0.1, 0.15) is 29.8 Å². The van der Waals surface area contributed by atoms with E-state index in [9.17, 15) is 4.79 Å². The zero-order chi connectivity index (χ0) is 18.5. The predicted molar refractivity (Wildman–Crippen MR) is 104 cm³/mol. The van der Waals surface area contributed by atoms with Gasteiger partial charge in [-0.15, -0.1) is 0 Å². The third-order valence-electron chi connectivity index (χ3n) is 3.95. The molecule has 0 unspecified atom stereocenters. The molecule has 1 aliphatic heterocycles. The second-order valence-corrected chi connectivity index (χ2v) is 6.83. The normalized spacial score (nSPS) is 18.0. The van der Waals surface area contributed by atoms with E-state index in [1.54, 1.807) is 40.9 Å². The number of benzene rings is 2. The van der Waals surface area contributed by atoms with E-state index in [-0.39, 0.29) is 11.9 Å². The van der Waals surface area contributed by atoms with Crippen molar-refractivity contribution in [3.05, 3.63) is 59.7 Å². The van der Waals surface area contributed by atoms with Crippen molar-refractivity contribution in [1.82, 2.24) is 4.90 Å². The molecule has 2 aromatic carbocycles. The van der Waals surface area contributed by atoms with E-state index in [0.29, 0.717) is 22.9 Å². The van der Waals surface area contributed by atoms with Crippen LogP contribution < -0.4 is 4.74 Å². The highest BCUT2D eigenvalue weighted by Crippen LogP contribution is 2.29. The van der Waals surface area contributed by atoms with Crippen LogP contribution in [0.25, 0.3) is 0 Å². The number of amidine groups is 1. The summed E-state index contributed by atoms with van der Waals surface area (Å²) < 4.78 is 5.44. The minimum absolute atomic E-state index is 0.0598. The number of thioether (sulfide) groups is 1. The van der Waals surface area contributed by atoms with E-state index < -0.39 is 0 Å². The van der Waals surface area contributed by atoms with Gasteiger partial charge >= 0.3 is 0 Å². The van der Waals surface area contributed by atoms with Crippen LogP contribution in [0.4, 0.5) is 5.69 Å². The number of rotatable bonds is 4. The van der Waals surface area contributed by atoms with Crippen molar-refractivity contribution in [1.29, 1.82) is 5.26 Å². The van der Waals surface area contributed by atoms with E-state index in [4.69, 9.17) is 10.00 Å². The highest BCUT2D eigenvalue weighted by atomic mass is 32.2. The standard InChI is InChI=1S/C20H19N3O2S/c1-3-25-18-10-8-17(9-11-18)22-20-23(14(2)13-26-20)19(24)16-6-4-15(12-21)5-7-16/h4-11,14H,3,13H2,1-2H3/t14-/m0/s1. The molecule has 1 heterocycles. The Morgan fingerprint density at radius 2 is 1.96 bits per heavy atom. The fourth-order valence-corrected chi connectivity index (χ4v) is 3.73. The maximum Gasteiger partial charge on any atom is 0.260 e. The van der Waals surface area contributed by atoms with Gasteiger partial charge in [-0.1, -0.05) is 11.8 Å². The van der Waals surface area contributed by atoms with Crippen LogP contribution >= 0.6 is 11.8 Å². The van der Waals surface area contributed by atoms with Crippen LogP contribution in [-0.4, -0.2) is 34.4 Å². The molecule has 3 rings (SSSR count). The lowest BCUT2D eigenvalue weighted by Gasteiger charge is -2.21. The molecule has 26 heavy (non-hydrogen) atoms. The maximum atomic E-state index is 12.9. The first-order valence-corrected chi connectivity index (χ1v) is 9.39. The van der Waals surface area contributed by atoms with Gasteiger partial charge in [-0.3, -0.25) is 9.69 Å². The Balaban J connectivity index is 1.84. The molecule has 5 nitrogen and oxygen atoms in total. The summed E-state index contributed by atoms with van der Waals surface area (Å²) >= 11 is 1.57. The molecule has 0 N–H and O–H groups in total. The van der Waals surface area contributed by atoms with Crippen molar-refractivity contribution in [2.24, 2.45) is 4.99 Å². The van der Waals surface area contributed by atoms with Crippen molar-refractivity contribution < 1.29 is 9.53 Å². The molecule has 1 saturated heterocycles. The summed E-state index contributed by atoms with van der Waals surface area (Å²) in [5, 5.41) is 9.59.